The lowest BCUT2D eigenvalue weighted by atomic mass is 10.1. The third-order valence-corrected chi connectivity index (χ3v) is 3.02. The number of halogens is 1. The summed E-state index contributed by atoms with van der Waals surface area (Å²) in [4.78, 5) is 9.02. The molecule has 0 aliphatic rings. The molecule has 120 valence electrons. The summed E-state index contributed by atoms with van der Waals surface area (Å²) in [5.41, 5.74) is 3.05. The van der Waals surface area contributed by atoms with E-state index in [0.29, 0.717) is 6.54 Å². The Balaban J connectivity index is 0.00000400. The van der Waals surface area contributed by atoms with Crippen LogP contribution in [-0.2, 0) is 6.54 Å². The van der Waals surface area contributed by atoms with Gasteiger partial charge < -0.3 is 15.4 Å². The van der Waals surface area contributed by atoms with Gasteiger partial charge in [-0.05, 0) is 27.2 Å². The highest BCUT2D eigenvalue weighted by Crippen LogP contribution is 2.24. The van der Waals surface area contributed by atoms with Crippen molar-refractivity contribution >= 4 is 29.9 Å². The van der Waals surface area contributed by atoms with Gasteiger partial charge in [0.25, 0.3) is 0 Å². The van der Waals surface area contributed by atoms with Gasteiger partial charge in [0.05, 0.1) is 19.3 Å². The lowest BCUT2D eigenvalue weighted by molar-refractivity contribution is 0.407. The van der Waals surface area contributed by atoms with Crippen LogP contribution in [0.2, 0.25) is 0 Å². The van der Waals surface area contributed by atoms with Gasteiger partial charge in [0.15, 0.2) is 5.96 Å². The van der Waals surface area contributed by atoms with Crippen molar-refractivity contribution in [2.24, 2.45) is 4.99 Å². The van der Waals surface area contributed by atoms with Gasteiger partial charge >= 0.3 is 0 Å². The van der Waals surface area contributed by atoms with Crippen LogP contribution in [0.25, 0.3) is 0 Å². The number of aromatic nitrogens is 1. The second-order valence-corrected chi connectivity index (χ2v) is 4.67. The third kappa shape index (κ3) is 6.07. The van der Waals surface area contributed by atoms with Gasteiger partial charge in [0, 0.05) is 30.4 Å². The van der Waals surface area contributed by atoms with Crippen molar-refractivity contribution in [1.82, 2.24) is 15.6 Å². The third-order valence-electron chi connectivity index (χ3n) is 3.02. The number of nitrogens with zero attached hydrogens (tertiary/aromatic N) is 2. The molecule has 5 nitrogen and oxygen atoms in total. The molecule has 0 aliphatic heterocycles. The molecule has 2 N–H and O–H groups in total. The molecule has 1 heterocycles. The SMILES string of the molecule is CCCNC(=NCc1ncc(C)c(OC)c1C)NCC.I. The molecule has 0 fully saturated rings. The Bertz CT molecular complexity index is 463. The Morgan fingerprint density at radius 3 is 2.57 bits per heavy atom. The monoisotopic (exact) mass is 406 g/mol. The molecular formula is C15H27IN4O. The molecule has 0 amide bonds. The standard InChI is InChI=1S/C15H26N4O.HI/c1-6-8-17-15(16-7-2)19-10-13-12(4)14(20-5)11(3)9-18-13;/h9H,6-8,10H2,1-5H3,(H2,16,17,19);1H. The second-order valence-electron chi connectivity index (χ2n) is 4.67. The lowest BCUT2D eigenvalue weighted by Gasteiger charge is -2.13. The van der Waals surface area contributed by atoms with E-state index in [2.05, 4.69) is 34.5 Å². The zero-order valence-electron chi connectivity index (χ0n) is 13.6. The fourth-order valence-electron chi connectivity index (χ4n) is 1.97. The number of aliphatic imine (C=N–C) groups is 1. The topological polar surface area (TPSA) is 58.5 Å². The number of hydrogen-bond acceptors (Lipinski definition) is 3. The quantitative estimate of drug-likeness (QED) is 0.434. The van der Waals surface area contributed by atoms with E-state index in [4.69, 9.17) is 4.74 Å². The maximum absolute atomic E-state index is 5.42. The molecule has 0 saturated heterocycles. The summed E-state index contributed by atoms with van der Waals surface area (Å²) >= 11 is 0. The van der Waals surface area contributed by atoms with Crippen LogP contribution in [0, 0.1) is 13.8 Å². The molecule has 0 radical (unpaired) electrons. The molecule has 0 aromatic carbocycles. The van der Waals surface area contributed by atoms with Crippen LogP contribution in [0.3, 0.4) is 0 Å². The fraction of sp³-hybridized carbons (Fsp3) is 0.600. The first kappa shape index (κ1) is 19.9. The van der Waals surface area contributed by atoms with Crippen LogP contribution in [-0.4, -0.2) is 31.1 Å². The summed E-state index contributed by atoms with van der Waals surface area (Å²) in [5.74, 6) is 1.73. The number of pyridine rings is 1. The van der Waals surface area contributed by atoms with E-state index in [0.717, 1.165) is 48.0 Å². The van der Waals surface area contributed by atoms with Crippen LogP contribution in [0.5, 0.6) is 5.75 Å². The molecular weight excluding hydrogens is 379 g/mol. The van der Waals surface area contributed by atoms with E-state index >= 15 is 0 Å². The summed E-state index contributed by atoms with van der Waals surface area (Å²) < 4.78 is 5.42. The molecule has 1 rings (SSSR count). The van der Waals surface area contributed by atoms with Gasteiger partial charge in [0.2, 0.25) is 0 Å². The smallest absolute Gasteiger partial charge is 0.191 e. The number of hydrogen-bond donors (Lipinski definition) is 2. The molecule has 1 aromatic rings. The molecule has 0 unspecified atom stereocenters. The van der Waals surface area contributed by atoms with Gasteiger partial charge in [-0.2, -0.15) is 0 Å². The van der Waals surface area contributed by atoms with Gasteiger partial charge in [-0.15, -0.1) is 24.0 Å². The number of methoxy groups -OCH3 is 1. The minimum Gasteiger partial charge on any atom is -0.496 e. The number of aryl methyl sites for hydroxylation is 1. The minimum absolute atomic E-state index is 0. The summed E-state index contributed by atoms with van der Waals surface area (Å²) in [6.45, 7) is 10.5. The molecule has 0 aliphatic carbocycles. The molecule has 0 atom stereocenters. The van der Waals surface area contributed by atoms with Crippen molar-refractivity contribution in [3.8, 4) is 5.75 Å². The van der Waals surface area contributed by atoms with Crippen molar-refractivity contribution in [2.45, 2.75) is 40.7 Å². The van der Waals surface area contributed by atoms with Crippen molar-refractivity contribution in [3.05, 3.63) is 23.0 Å². The Hall–Kier alpha value is -1.05. The van der Waals surface area contributed by atoms with Gasteiger partial charge in [0.1, 0.15) is 5.75 Å². The van der Waals surface area contributed by atoms with E-state index in [1.54, 1.807) is 7.11 Å². The Morgan fingerprint density at radius 1 is 1.29 bits per heavy atom. The van der Waals surface area contributed by atoms with E-state index in [1.807, 2.05) is 20.0 Å². The summed E-state index contributed by atoms with van der Waals surface area (Å²) in [6.07, 6.45) is 2.91. The summed E-state index contributed by atoms with van der Waals surface area (Å²) in [7, 11) is 1.69. The normalized spacial score (nSPS) is 10.8. The molecule has 21 heavy (non-hydrogen) atoms. The molecule has 0 bridgehead atoms. The van der Waals surface area contributed by atoms with Gasteiger partial charge in [-0.25, -0.2) is 4.99 Å². The van der Waals surface area contributed by atoms with E-state index in [1.165, 1.54) is 0 Å². The number of nitrogens with one attached hydrogen (secondary N) is 2. The highest BCUT2D eigenvalue weighted by molar-refractivity contribution is 14.0. The summed E-state index contributed by atoms with van der Waals surface area (Å²) in [6, 6.07) is 0. The largest absolute Gasteiger partial charge is 0.496 e. The lowest BCUT2D eigenvalue weighted by Crippen LogP contribution is -2.37. The van der Waals surface area contributed by atoms with Gasteiger partial charge in [-0.3, -0.25) is 4.98 Å². The number of ether oxygens (including phenoxy) is 1. The average Bonchev–Trinajstić information content (AvgIpc) is 2.44. The van der Waals surface area contributed by atoms with E-state index in [-0.39, 0.29) is 24.0 Å². The average molecular weight is 406 g/mol. The minimum atomic E-state index is 0. The van der Waals surface area contributed by atoms with E-state index < -0.39 is 0 Å². The van der Waals surface area contributed by atoms with Gasteiger partial charge in [-0.1, -0.05) is 6.92 Å². The van der Waals surface area contributed by atoms with Crippen molar-refractivity contribution in [1.29, 1.82) is 0 Å². The van der Waals surface area contributed by atoms with Crippen LogP contribution in [0.1, 0.15) is 37.1 Å². The highest BCUT2D eigenvalue weighted by Gasteiger charge is 2.09. The van der Waals surface area contributed by atoms with Crippen molar-refractivity contribution in [3.63, 3.8) is 0 Å². The summed E-state index contributed by atoms with van der Waals surface area (Å²) in [5, 5.41) is 6.51. The molecule has 1 aromatic heterocycles. The van der Waals surface area contributed by atoms with Crippen LogP contribution >= 0.6 is 24.0 Å². The van der Waals surface area contributed by atoms with Crippen molar-refractivity contribution in [2.75, 3.05) is 20.2 Å². The molecule has 0 saturated carbocycles. The van der Waals surface area contributed by atoms with E-state index in [9.17, 15) is 0 Å². The highest BCUT2D eigenvalue weighted by atomic mass is 127. The van der Waals surface area contributed by atoms with Crippen LogP contribution in [0.15, 0.2) is 11.2 Å². The first-order valence-corrected chi connectivity index (χ1v) is 7.15. The molecule has 0 spiro atoms. The second kappa shape index (κ2) is 10.6. The number of rotatable bonds is 6. The maximum atomic E-state index is 5.42. The Kier molecular flexibility index (Phi) is 10.1. The zero-order chi connectivity index (χ0) is 15.0. The van der Waals surface area contributed by atoms with Crippen molar-refractivity contribution < 1.29 is 4.74 Å². The van der Waals surface area contributed by atoms with Crippen LogP contribution < -0.4 is 15.4 Å². The Morgan fingerprint density at radius 2 is 2.00 bits per heavy atom. The maximum Gasteiger partial charge on any atom is 0.191 e. The predicted octanol–water partition coefficient (Wildman–Crippen LogP) is 2.79. The number of guanidine groups is 1. The zero-order valence-corrected chi connectivity index (χ0v) is 15.9. The first-order valence-electron chi connectivity index (χ1n) is 7.15. The van der Waals surface area contributed by atoms with Crippen LogP contribution in [0.4, 0.5) is 0 Å². The molecule has 6 heteroatoms. The Labute approximate surface area is 145 Å². The fourth-order valence-corrected chi connectivity index (χ4v) is 1.97. The first-order chi connectivity index (χ1) is 9.63. The predicted molar refractivity (Wildman–Crippen MR) is 98.8 cm³/mol.